The lowest BCUT2D eigenvalue weighted by Gasteiger charge is -2.37. The topological polar surface area (TPSA) is 36.4 Å². The zero-order chi connectivity index (χ0) is 13.1. The van der Waals surface area contributed by atoms with Crippen LogP contribution in [0.25, 0.3) is 10.4 Å². The van der Waals surface area contributed by atoms with Crippen LogP contribution in [0.4, 0.5) is 5.13 Å². The van der Waals surface area contributed by atoms with Crippen LogP contribution >= 0.6 is 11.3 Å². The molecule has 1 aromatic heterocycles. The Hall–Kier alpha value is -1.39. The van der Waals surface area contributed by atoms with E-state index in [0.29, 0.717) is 12.6 Å². The Labute approximate surface area is 117 Å². The van der Waals surface area contributed by atoms with Crippen molar-refractivity contribution in [1.29, 1.82) is 0 Å². The molecule has 1 fully saturated rings. The van der Waals surface area contributed by atoms with Crippen molar-refractivity contribution in [3.63, 3.8) is 0 Å². The third kappa shape index (κ3) is 2.65. The molecule has 1 heterocycles. The molecule has 4 heteroatoms. The van der Waals surface area contributed by atoms with Crippen molar-refractivity contribution in [3.8, 4) is 10.4 Å². The van der Waals surface area contributed by atoms with Crippen molar-refractivity contribution >= 4 is 16.5 Å². The quantitative estimate of drug-likeness (QED) is 0.910. The SMILES string of the molecule is OCCN(c1ncc(-c2ccccc2)s1)C1CCC1. The summed E-state index contributed by atoms with van der Waals surface area (Å²) in [5.74, 6) is 0. The summed E-state index contributed by atoms with van der Waals surface area (Å²) in [6, 6.07) is 10.9. The molecule has 1 aromatic carbocycles. The number of aliphatic hydroxyl groups excluding tert-OH is 1. The summed E-state index contributed by atoms with van der Waals surface area (Å²) >= 11 is 1.72. The molecule has 1 N–H and O–H groups in total. The van der Waals surface area contributed by atoms with Gasteiger partial charge >= 0.3 is 0 Å². The van der Waals surface area contributed by atoms with Gasteiger partial charge in [0.1, 0.15) is 0 Å². The number of aromatic nitrogens is 1. The summed E-state index contributed by atoms with van der Waals surface area (Å²) < 4.78 is 0. The fourth-order valence-corrected chi connectivity index (χ4v) is 3.39. The highest BCUT2D eigenvalue weighted by Gasteiger charge is 2.26. The van der Waals surface area contributed by atoms with Gasteiger partial charge < -0.3 is 10.0 Å². The van der Waals surface area contributed by atoms with Crippen LogP contribution in [0.2, 0.25) is 0 Å². The molecule has 0 spiro atoms. The van der Waals surface area contributed by atoms with Crippen LogP contribution in [0.5, 0.6) is 0 Å². The van der Waals surface area contributed by atoms with Crippen LogP contribution in [-0.2, 0) is 0 Å². The van der Waals surface area contributed by atoms with E-state index in [1.54, 1.807) is 11.3 Å². The second kappa shape index (κ2) is 5.72. The lowest BCUT2D eigenvalue weighted by Crippen LogP contribution is -2.41. The van der Waals surface area contributed by atoms with Crippen LogP contribution in [0, 0.1) is 0 Å². The number of nitrogens with zero attached hydrogens (tertiary/aromatic N) is 2. The molecule has 100 valence electrons. The smallest absolute Gasteiger partial charge is 0.186 e. The normalized spacial score (nSPS) is 15.2. The number of rotatable bonds is 5. The zero-order valence-corrected chi connectivity index (χ0v) is 11.6. The molecule has 19 heavy (non-hydrogen) atoms. The highest BCUT2D eigenvalue weighted by Crippen LogP contribution is 2.35. The highest BCUT2D eigenvalue weighted by atomic mass is 32.1. The number of aliphatic hydroxyl groups is 1. The van der Waals surface area contributed by atoms with Gasteiger partial charge in [-0.05, 0) is 24.8 Å². The summed E-state index contributed by atoms with van der Waals surface area (Å²) in [7, 11) is 0. The Balaban J connectivity index is 1.82. The van der Waals surface area contributed by atoms with Crippen molar-refractivity contribution < 1.29 is 5.11 Å². The minimum absolute atomic E-state index is 0.191. The molecule has 0 saturated heterocycles. The van der Waals surface area contributed by atoms with Gasteiger partial charge in [-0.1, -0.05) is 41.7 Å². The summed E-state index contributed by atoms with van der Waals surface area (Å²) in [6.45, 7) is 0.878. The molecule has 0 aliphatic heterocycles. The minimum atomic E-state index is 0.191. The van der Waals surface area contributed by atoms with Gasteiger partial charge in [-0.3, -0.25) is 0 Å². The van der Waals surface area contributed by atoms with E-state index in [4.69, 9.17) is 0 Å². The van der Waals surface area contributed by atoms with Crippen LogP contribution in [-0.4, -0.2) is 29.3 Å². The number of benzene rings is 1. The molecule has 1 saturated carbocycles. The molecule has 0 amide bonds. The van der Waals surface area contributed by atoms with E-state index in [-0.39, 0.29) is 6.61 Å². The van der Waals surface area contributed by atoms with Crippen molar-refractivity contribution in [2.24, 2.45) is 0 Å². The maximum atomic E-state index is 9.23. The number of anilines is 1. The molecular weight excluding hydrogens is 256 g/mol. The highest BCUT2D eigenvalue weighted by molar-refractivity contribution is 7.18. The molecule has 0 atom stereocenters. The molecule has 0 radical (unpaired) electrons. The van der Waals surface area contributed by atoms with Gasteiger partial charge in [-0.2, -0.15) is 0 Å². The minimum Gasteiger partial charge on any atom is -0.395 e. The third-order valence-corrected chi connectivity index (χ3v) is 4.74. The summed E-state index contributed by atoms with van der Waals surface area (Å²) in [5.41, 5.74) is 1.21. The van der Waals surface area contributed by atoms with Crippen LogP contribution in [0.3, 0.4) is 0 Å². The largest absolute Gasteiger partial charge is 0.395 e. The van der Waals surface area contributed by atoms with Gasteiger partial charge in [0, 0.05) is 18.8 Å². The second-order valence-electron chi connectivity index (χ2n) is 4.87. The van der Waals surface area contributed by atoms with Gasteiger partial charge in [0.2, 0.25) is 0 Å². The molecule has 3 nitrogen and oxygen atoms in total. The summed E-state index contributed by atoms with van der Waals surface area (Å²) in [5, 5.41) is 10.3. The maximum Gasteiger partial charge on any atom is 0.186 e. The molecule has 1 aliphatic carbocycles. The molecule has 3 rings (SSSR count). The summed E-state index contributed by atoms with van der Waals surface area (Å²) in [4.78, 5) is 8.00. The Morgan fingerprint density at radius 1 is 1.26 bits per heavy atom. The first-order chi connectivity index (χ1) is 9.38. The van der Waals surface area contributed by atoms with E-state index in [1.165, 1.54) is 29.7 Å². The lowest BCUT2D eigenvalue weighted by molar-refractivity contribution is 0.283. The first-order valence-corrected chi connectivity index (χ1v) is 7.59. The van der Waals surface area contributed by atoms with Gasteiger partial charge in [-0.15, -0.1) is 0 Å². The van der Waals surface area contributed by atoms with Crippen molar-refractivity contribution in [2.45, 2.75) is 25.3 Å². The van der Waals surface area contributed by atoms with Gasteiger partial charge in [0.15, 0.2) is 5.13 Å². The van der Waals surface area contributed by atoms with Crippen LogP contribution in [0.1, 0.15) is 19.3 Å². The van der Waals surface area contributed by atoms with E-state index in [9.17, 15) is 5.11 Å². The average Bonchev–Trinajstić information content (AvgIpc) is 2.86. The number of thiazole rings is 1. The zero-order valence-electron chi connectivity index (χ0n) is 10.8. The van der Waals surface area contributed by atoms with Crippen molar-refractivity contribution in [3.05, 3.63) is 36.5 Å². The predicted octanol–water partition coefficient (Wildman–Crippen LogP) is 3.16. The fourth-order valence-electron chi connectivity index (χ4n) is 2.37. The van der Waals surface area contributed by atoms with E-state index in [2.05, 4.69) is 22.0 Å². The first kappa shape index (κ1) is 12.6. The molecule has 2 aromatic rings. The van der Waals surface area contributed by atoms with Gasteiger partial charge in [0.25, 0.3) is 0 Å². The van der Waals surface area contributed by atoms with Crippen molar-refractivity contribution in [1.82, 2.24) is 4.98 Å². The van der Waals surface area contributed by atoms with E-state index in [1.807, 2.05) is 24.4 Å². The van der Waals surface area contributed by atoms with E-state index in [0.717, 1.165) is 5.13 Å². The Morgan fingerprint density at radius 2 is 2.05 bits per heavy atom. The molecule has 0 bridgehead atoms. The van der Waals surface area contributed by atoms with Crippen molar-refractivity contribution in [2.75, 3.05) is 18.1 Å². The standard InChI is InChI=1S/C15H18N2OS/c18-10-9-17(13-7-4-8-13)15-16-11-14(19-15)12-5-2-1-3-6-12/h1-3,5-6,11,13,18H,4,7-10H2. The van der Waals surface area contributed by atoms with E-state index >= 15 is 0 Å². The Morgan fingerprint density at radius 3 is 2.68 bits per heavy atom. The first-order valence-electron chi connectivity index (χ1n) is 6.77. The van der Waals surface area contributed by atoms with Gasteiger partial charge in [0.05, 0.1) is 11.5 Å². The lowest BCUT2D eigenvalue weighted by atomic mass is 9.92. The molecular formula is C15H18N2OS. The predicted molar refractivity (Wildman–Crippen MR) is 79.6 cm³/mol. The number of hydrogen-bond donors (Lipinski definition) is 1. The fraction of sp³-hybridized carbons (Fsp3) is 0.400. The molecule has 0 unspecified atom stereocenters. The van der Waals surface area contributed by atoms with Crippen LogP contribution < -0.4 is 4.90 Å². The Kier molecular flexibility index (Phi) is 3.80. The third-order valence-electron chi connectivity index (χ3n) is 3.65. The van der Waals surface area contributed by atoms with E-state index < -0.39 is 0 Å². The number of hydrogen-bond acceptors (Lipinski definition) is 4. The monoisotopic (exact) mass is 274 g/mol. The summed E-state index contributed by atoms with van der Waals surface area (Å²) in [6.07, 6.45) is 5.68. The Bertz CT molecular complexity index is 522. The van der Waals surface area contributed by atoms with Gasteiger partial charge in [-0.25, -0.2) is 4.98 Å². The average molecular weight is 274 g/mol. The van der Waals surface area contributed by atoms with Crippen LogP contribution in [0.15, 0.2) is 36.5 Å². The molecule has 1 aliphatic rings. The second-order valence-corrected chi connectivity index (χ2v) is 5.88. The maximum absolute atomic E-state index is 9.23.